The topological polar surface area (TPSA) is 48.1 Å². The Morgan fingerprint density at radius 2 is 1.81 bits per heavy atom. The molecule has 3 nitrogen and oxygen atoms in total. The third-order valence-corrected chi connectivity index (χ3v) is 5.52. The molecule has 8 heteroatoms. The fourth-order valence-corrected chi connectivity index (χ4v) is 3.63. The van der Waals surface area contributed by atoms with Crippen LogP contribution in [0.4, 0.5) is 27.8 Å². The zero-order chi connectivity index (χ0) is 22.2. The van der Waals surface area contributed by atoms with Crippen LogP contribution in [0.1, 0.15) is 41.9 Å². The van der Waals surface area contributed by atoms with E-state index in [2.05, 4.69) is 4.98 Å². The van der Waals surface area contributed by atoms with Gasteiger partial charge in [0.05, 0.1) is 5.56 Å². The molecule has 0 saturated heterocycles. The summed E-state index contributed by atoms with van der Waals surface area (Å²) < 4.78 is 74.4. The number of halogens is 5. The summed E-state index contributed by atoms with van der Waals surface area (Å²) in [5.41, 5.74) is 5.47. The molecule has 1 aliphatic rings. The van der Waals surface area contributed by atoms with Crippen LogP contribution in [-0.4, -0.2) is 4.98 Å². The summed E-state index contributed by atoms with van der Waals surface area (Å²) in [6, 6.07) is 8.84. The van der Waals surface area contributed by atoms with E-state index in [0.717, 1.165) is 31.4 Å². The lowest BCUT2D eigenvalue weighted by Gasteiger charge is -2.28. The molecule has 2 aromatic carbocycles. The minimum Gasteiger partial charge on any atom is -0.485 e. The monoisotopic (exact) mass is 434 g/mol. The summed E-state index contributed by atoms with van der Waals surface area (Å²) >= 11 is 0. The van der Waals surface area contributed by atoms with Gasteiger partial charge in [-0.1, -0.05) is 24.6 Å². The van der Waals surface area contributed by atoms with E-state index in [4.69, 9.17) is 10.5 Å². The van der Waals surface area contributed by atoms with Gasteiger partial charge in [0.2, 0.25) is 0 Å². The predicted molar refractivity (Wildman–Crippen MR) is 106 cm³/mol. The molecule has 0 bridgehead atoms. The van der Waals surface area contributed by atoms with Crippen molar-refractivity contribution < 1.29 is 26.7 Å². The highest BCUT2D eigenvalue weighted by atomic mass is 19.4. The molecule has 1 fully saturated rings. The van der Waals surface area contributed by atoms with Gasteiger partial charge in [0, 0.05) is 28.5 Å². The largest absolute Gasteiger partial charge is 0.485 e. The average Bonchev–Trinajstić information content (AvgIpc) is 2.67. The molecule has 0 unspecified atom stereocenters. The number of anilines is 1. The van der Waals surface area contributed by atoms with Crippen LogP contribution in [0.25, 0.3) is 11.1 Å². The lowest BCUT2D eigenvalue weighted by molar-refractivity contribution is -0.138. The van der Waals surface area contributed by atoms with E-state index >= 15 is 4.39 Å². The van der Waals surface area contributed by atoms with Gasteiger partial charge in [0.25, 0.3) is 0 Å². The van der Waals surface area contributed by atoms with E-state index in [1.807, 2.05) is 0 Å². The second kappa shape index (κ2) is 8.17. The van der Waals surface area contributed by atoms with Crippen LogP contribution in [0, 0.1) is 11.6 Å². The van der Waals surface area contributed by atoms with Crippen molar-refractivity contribution in [3.8, 4) is 16.9 Å². The van der Waals surface area contributed by atoms with Gasteiger partial charge in [-0.2, -0.15) is 13.2 Å². The van der Waals surface area contributed by atoms with Crippen molar-refractivity contribution in [3.63, 3.8) is 0 Å². The first-order chi connectivity index (χ1) is 14.7. The second-order valence-electron chi connectivity index (χ2n) is 7.53. The van der Waals surface area contributed by atoms with Crippen molar-refractivity contribution in [1.82, 2.24) is 4.98 Å². The van der Waals surface area contributed by atoms with E-state index in [9.17, 15) is 17.6 Å². The molecule has 3 aromatic rings. The lowest BCUT2D eigenvalue weighted by atomic mass is 9.79. The van der Waals surface area contributed by atoms with E-state index < -0.39 is 30.0 Å². The third-order valence-electron chi connectivity index (χ3n) is 5.52. The molecular formula is C23H19F5N2O. The Hall–Kier alpha value is -3.16. The molecule has 1 saturated carbocycles. The number of benzene rings is 2. The molecule has 0 radical (unpaired) electrons. The third kappa shape index (κ3) is 4.33. The Bertz CT molecular complexity index is 1090. The highest BCUT2D eigenvalue weighted by Gasteiger charge is 2.34. The summed E-state index contributed by atoms with van der Waals surface area (Å²) in [5, 5.41) is 0. The molecule has 0 amide bonds. The standard InChI is InChI=1S/C23H19F5N2O/c24-16-6-4-15(19(10-16)23(26,27)28)12-31-22-18(13-2-1-3-13)8-7-17(21(22)25)14-5-9-20(29)30-11-14/h4-11,13H,1-3,12H2,(H2,29,30). The van der Waals surface area contributed by atoms with Gasteiger partial charge in [-0.15, -0.1) is 0 Å². The average molecular weight is 434 g/mol. The van der Waals surface area contributed by atoms with Gasteiger partial charge < -0.3 is 10.5 Å². The first kappa shape index (κ1) is 21.1. The number of rotatable bonds is 5. The minimum absolute atomic E-state index is 0.0818. The zero-order valence-corrected chi connectivity index (χ0v) is 16.3. The van der Waals surface area contributed by atoms with Crippen LogP contribution < -0.4 is 10.5 Å². The Morgan fingerprint density at radius 3 is 2.42 bits per heavy atom. The number of nitrogens with zero attached hydrogens (tertiary/aromatic N) is 1. The van der Waals surface area contributed by atoms with Crippen LogP contribution >= 0.6 is 0 Å². The Balaban J connectivity index is 1.72. The van der Waals surface area contributed by atoms with Gasteiger partial charge >= 0.3 is 6.18 Å². The second-order valence-corrected chi connectivity index (χ2v) is 7.53. The van der Waals surface area contributed by atoms with E-state index in [1.165, 1.54) is 12.3 Å². The van der Waals surface area contributed by atoms with Gasteiger partial charge in [0.15, 0.2) is 11.6 Å². The molecule has 31 heavy (non-hydrogen) atoms. The summed E-state index contributed by atoms with van der Waals surface area (Å²) in [6.45, 7) is -0.546. The zero-order valence-electron chi connectivity index (χ0n) is 16.3. The molecular weight excluding hydrogens is 415 g/mol. The normalized spacial score (nSPS) is 14.4. The summed E-state index contributed by atoms with van der Waals surface area (Å²) in [6.07, 6.45) is -0.646. The minimum atomic E-state index is -4.76. The number of alkyl halides is 3. The van der Waals surface area contributed by atoms with Crippen LogP contribution in [-0.2, 0) is 12.8 Å². The molecule has 2 N–H and O–H groups in total. The number of nitrogens with two attached hydrogens (primary N) is 1. The SMILES string of the molecule is Nc1ccc(-c2ccc(C3CCC3)c(OCc3ccc(F)cc3C(F)(F)F)c2F)cn1. The van der Waals surface area contributed by atoms with Crippen molar-refractivity contribution in [2.45, 2.75) is 38.0 Å². The predicted octanol–water partition coefficient (Wildman–Crippen LogP) is 6.47. The first-order valence-corrected chi connectivity index (χ1v) is 9.76. The van der Waals surface area contributed by atoms with Gasteiger partial charge in [-0.3, -0.25) is 0 Å². The Kier molecular flexibility index (Phi) is 5.56. The number of pyridine rings is 1. The molecule has 0 atom stereocenters. The number of hydrogen-bond acceptors (Lipinski definition) is 3. The smallest absolute Gasteiger partial charge is 0.416 e. The van der Waals surface area contributed by atoms with Crippen LogP contribution in [0.3, 0.4) is 0 Å². The van der Waals surface area contributed by atoms with Crippen LogP contribution in [0.5, 0.6) is 5.75 Å². The van der Waals surface area contributed by atoms with E-state index in [-0.39, 0.29) is 28.6 Å². The Labute approximate surface area is 175 Å². The summed E-state index contributed by atoms with van der Waals surface area (Å²) in [4.78, 5) is 3.96. The van der Waals surface area contributed by atoms with Gasteiger partial charge in [0.1, 0.15) is 18.2 Å². The van der Waals surface area contributed by atoms with Crippen molar-refractivity contribution in [3.05, 3.63) is 77.0 Å². The summed E-state index contributed by atoms with van der Waals surface area (Å²) in [5.74, 6) is -1.40. The molecule has 0 spiro atoms. The van der Waals surface area contributed by atoms with E-state index in [0.29, 0.717) is 17.2 Å². The Morgan fingerprint density at radius 1 is 1.03 bits per heavy atom. The molecule has 162 valence electrons. The van der Waals surface area contributed by atoms with Crippen LogP contribution in [0.2, 0.25) is 0 Å². The maximum absolute atomic E-state index is 15.5. The first-order valence-electron chi connectivity index (χ1n) is 9.76. The molecule has 1 aliphatic carbocycles. The molecule has 4 rings (SSSR count). The molecule has 0 aliphatic heterocycles. The number of aromatic nitrogens is 1. The fraction of sp³-hybridized carbons (Fsp3) is 0.261. The highest BCUT2D eigenvalue weighted by Crippen LogP contribution is 2.44. The summed E-state index contributed by atoms with van der Waals surface area (Å²) in [7, 11) is 0. The highest BCUT2D eigenvalue weighted by molar-refractivity contribution is 5.67. The lowest BCUT2D eigenvalue weighted by Crippen LogP contribution is -2.14. The number of hydrogen-bond donors (Lipinski definition) is 1. The maximum Gasteiger partial charge on any atom is 0.416 e. The van der Waals surface area contributed by atoms with Crippen molar-refractivity contribution in [1.29, 1.82) is 0 Å². The number of nitrogen functional groups attached to an aromatic ring is 1. The van der Waals surface area contributed by atoms with Gasteiger partial charge in [-0.05, 0) is 43.0 Å². The van der Waals surface area contributed by atoms with Crippen molar-refractivity contribution >= 4 is 5.82 Å². The number of ether oxygens (including phenoxy) is 1. The van der Waals surface area contributed by atoms with Gasteiger partial charge in [-0.25, -0.2) is 13.8 Å². The van der Waals surface area contributed by atoms with E-state index in [1.54, 1.807) is 18.2 Å². The maximum atomic E-state index is 15.5. The fourth-order valence-electron chi connectivity index (χ4n) is 3.63. The van der Waals surface area contributed by atoms with Crippen molar-refractivity contribution in [2.24, 2.45) is 0 Å². The molecule has 1 heterocycles. The quantitative estimate of drug-likeness (QED) is 0.468. The van der Waals surface area contributed by atoms with Crippen LogP contribution in [0.15, 0.2) is 48.7 Å². The molecule has 1 aromatic heterocycles. The van der Waals surface area contributed by atoms with Crippen molar-refractivity contribution in [2.75, 3.05) is 5.73 Å².